The average molecular weight is 725 g/mol. The number of nitrogens with one attached hydrogen (secondary N) is 1. The van der Waals surface area contributed by atoms with Gasteiger partial charge in [-0.1, -0.05) is 25.8 Å². The minimum atomic E-state index is -4.65. The number of rotatable bonds is 10. The van der Waals surface area contributed by atoms with E-state index in [9.17, 15) is 22.7 Å². The molecule has 2 aliphatic heterocycles. The fraction of sp³-hybridized carbons (Fsp3) is 0.500. The largest absolute Gasteiger partial charge is 0.522 e. The molecule has 2 N–H and O–H groups in total. The number of terminal acetylenes is 1. The fourth-order valence-corrected chi connectivity index (χ4v) is 7.57. The first-order valence-electron chi connectivity index (χ1n) is 17.8. The van der Waals surface area contributed by atoms with Crippen molar-refractivity contribution in [2.45, 2.75) is 76.9 Å². The van der Waals surface area contributed by atoms with Crippen molar-refractivity contribution in [2.24, 2.45) is 5.41 Å². The number of alkyl halides is 3. The van der Waals surface area contributed by atoms with Crippen molar-refractivity contribution in [3.63, 3.8) is 0 Å². The summed E-state index contributed by atoms with van der Waals surface area (Å²) in [6, 6.07) is 5.72. The first-order chi connectivity index (χ1) is 24.9. The Morgan fingerprint density at radius 2 is 1.77 bits per heavy atom. The third-order valence-corrected chi connectivity index (χ3v) is 10.6. The van der Waals surface area contributed by atoms with Crippen molar-refractivity contribution in [3.05, 3.63) is 47.7 Å². The SMILES string of the molecule is C#Cc1c(F)ccc2cc(O)cc(-c3ncc4c(N5CC(CC)NC(CC)C5)nc(OCC5(CN6CCC(OC(F)(F)F)CC6)CC5)nc4c3F)c12. The van der Waals surface area contributed by atoms with Gasteiger partial charge in [-0.2, -0.15) is 9.97 Å². The molecule has 0 spiro atoms. The number of halogens is 5. The highest BCUT2D eigenvalue weighted by Crippen LogP contribution is 2.47. The first kappa shape index (κ1) is 36.1. The quantitative estimate of drug-likeness (QED) is 0.133. The zero-order valence-electron chi connectivity index (χ0n) is 29.1. The van der Waals surface area contributed by atoms with E-state index in [2.05, 4.69) is 49.6 Å². The second-order valence-electron chi connectivity index (χ2n) is 14.3. The van der Waals surface area contributed by atoms with Crippen LogP contribution in [0.2, 0.25) is 0 Å². The van der Waals surface area contributed by atoms with E-state index in [1.54, 1.807) is 0 Å². The number of piperidine rings is 1. The second-order valence-corrected chi connectivity index (χ2v) is 14.3. The van der Waals surface area contributed by atoms with Gasteiger partial charge in [-0.3, -0.25) is 9.72 Å². The molecule has 1 aliphatic carbocycles. The molecule has 0 bridgehead atoms. The van der Waals surface area contributed by atoms with Crippen molar-refractivity contribution < 1.29 is 36.5 Å². The van der Waals surface area contributed by atoms with Gasteiger partial charge < -0.3 is 25.0 Å². The van der Waals surface area contributed by atoms with E-state index in [1.807, 2.05) is 0 Å². The molecule has 3 aliphatic rings. The van der Waals surface area contributed by atoms with Crippen LogP contribution < -0.4 is 15.0 Å². The molecule has 14 heteroatoms. The van der Waals surface area contributed by atoms with Crippen molar-refractivity contribution in [3.8, 4) is 35.4 Å². The van der Waals surface area contributed by atoms with E-state index < -0.39 is 24.1 Å². The highest BCUT2D eigenvalue weighted by Gasteiger charge is 2.46. The van der Waals surface area contributed by atoms with E-state index in [1.165, 1.54) is 30.5 Å². The maximum Gasteiger partial charge on any atom is 0.522 e. The molecule has 4 heterocycles. The zero-order valence-corrected chi connectivity index (χ0v) is 29.1. The van der Waals surface area contributed by atoms with Gasteiger partial charge >= 0.3 is 12.4 Å². The van der Waals surface area contributed by atoms with Crippen molar-refractivity contribution in [1.82, 2.24) is 25.2 Å². The van der Waals surface area contributed by atoms with Crippen LogP contribution in [-0.2, 0) is 4.74 Å². The van der Waals surface area contributed by atoms with Gasteiger partial charge in [-0.05, 0) is 62.1 Å². The van der Waals surface area contributed by atoms with Gasteiger partial charge in [0.05, 0.1) is 23.7 Å². The minimum absolute atomic E-state index is 0.0159. The van der Waals surface area contributed by atoms with Gasteiger partial charge in [-0.25, -0.2) is 8.78 Å². The summed E-state index contributed by atoms with van der Waals surface area (Å²) in [6.07, 6.45) is 5.74. The number of aromatic nitrogens is 3. The Labute approximate surface area is 298 Å². The van der Waals surface area contributed by atoms with E-state index in [-0.39, 0.29) is 76.4 Å². The number of aromatic hydroxyl groups is 1. The lowest BCUT2D eigenvalue weighted by atomic mass is 9.95. The Hall–Kier alpha value is -4.32. The van der Waals surface area contributed by atoms with E-state index >= 15 is 4.39 Å². The van der Waals surface area contributed by atoms with Gasteiger partial charge in [0.25, 0.3) is 0 Å². The molecule has 9 nitrogen and oxygen atoms in total. The molecule has 1 saturated carbocycles. The second kappa shape index (κ2) is 14.2. The summed E-state index contributed by atoms with van der Waals surface area (Å²) in [5.41, 5.74) is -0.406. The smallest absolute Gasteiger partial charge is 0.508 e. The predicted octanol–water partition coefficient (Wildman–Crippen LogP) is 6.94. The Morgan fingerprint density at radius 3 is 2.40 bits per heavy atom. The molecule has 2 aromatic carbocycles. The molecular formula is C38H41F5N6O3. The van der Waals surface area contributed by atoms with Crippen LogP contribution in [0.25, 0.3) is 32.9 Å². The normalized spacial score (nSPS) is 21.1. The molecule has 0 radical (unpaired) electrons. The maximum atomic E-state index is 16.9. The summed E-state index contributed by atoms with van der Waals surface area (Å²) in [5, 5.41) is 15.3. The molecule has 2 aromatic heterocycles. The third-order valence-electron chi connectivity index (χ3n) is 10.6. The fourth-order valence-electron chi connectivity index (χ4n) is 7.57. The number of pyridine rings is 1. The molecule has 2 unspecified atom stereocenters. The summed E-state index contributed by atoms with van der Waals surface area (Å²) < 4.78 is 80.5. The zero-order chi connectivity index (χ0) is 36.8. The van der Waals surface area contributed by atoms with Crippen LogP contribution in [0.15, 0.2) is 30.5 Å². The van der Waals surface area contributed by atoms with Crippen molar-refractivity contribution in [2.75, 3.05) is 44.2 Å². The Balaban J connectivity index is 1.24. The van der Waals surface area contributed by atoms with Gasteiger partial charge in [0.15, 0.2) is 5.82 Å². The molecular weight excluding hydrogens is 683 g/mol. The average Bonchev–Trinajstić information content (AvgIpc) is 3.89. The highest BCUT2D eigenvalue weighted by molar-refractivity contribution is 6.03. The molecule has 4 aromatic rings. The summed E-state index contributed by atoms with van der Waals surface area (Å²) in [5.74, 6) is 1.20. The summed E-state index contributed by atoms with van der Waals surface area (Å²) in [4.78, 5) is 18.2. The van der Waals surface area contributed by atoms with E-state index in [4.69, 9.17) is 16.1 Å². The lowest BCUT2D eigenvalue weighted by molar-refractivity contribution is -0.345. The Morgan fingerprint density at radius 1 is 1.06 bits per heavy atom. The van der Waals surface area contributed by atoms with Crippen LogP contribution in [0.3, 0.4) is 0 Å². The van der Waals surface area contributed by atoms with Crippen LogP contribution in [0, 0.1) is 29.4 Å². The van der Waals surface area contributed by atoms with Crippen LogP contribution in [-0.4, -0.2) is 88.8 Å². The highest BCUT2D eigenvalue weighted by atomic mass is 19.4. The van der Waals surface area contributed by atoms with Gasteiger partial charge in [-0.15, -0.1) is 19.6 Å². The monoisotopic (exact) mass is 724 g/mol. The van der Waals surface area contributed by atoms with Crippen LogP contribution in [0.4, 0.5) is 27.8 Å². The first-order valence-corrected chi connectivity index (χ1v) is 17.8. The molecule has 2 saturated heterocycles. The Kier molecular flexibility index (Phi) is 9.88. The standard InChI is InChI=1S/C38H41F5N6O3/c1-4-23-18-49(19-24(5-2)45-23)35-29-17-44-33(28-16-25(50)15-22-7-8-30(39)27(6-3)31(22)28)32(40)34(29)46-36(47-35)51-21-37(11-12-37)20-48-13-9-26(10-14-48)52-38(41,42)43/h3,7-8,15-17,23-24,26,45,50H,4-5,9-14,18-21H2,1-2H3. The van der Waals surface area contributed by atoms with Gasteiger partial charge in [0.2, 0.25) is 0 Å². The number of phenolic OH excluding ortho intramolecular Hbond substituents is 1. The molecule has 276 valence electrons. The number of benzene rings is 2. The topological polar surface area (TPSA) is 95.9 Å². The predicted molar refractivity (Wildman–Crippen MR) is 187 cm³/mol. The van der Waals surface area contributed by atoms with Crippen LogP contribution in [0.1, 0.15) is 57.9 Å². The van der Waals surface area contributed by atoms with Crippen LogP contribution in [0.5, 0.6) is 11.8 Å². The Bertz CT molecular complexity index is 2000. The maximum absolute atomic E-state index is 16.9. The van der Waals surface area contributed by atoms with E-state index in [0.717, 1.165) is 25.7 Å². The number of hydrogen-bond donors (Lipinski definition) is 2. The number of hydrogen-bond acceptors (Lipinski definition) is 9. The van der Waals surface area contributed by atoms with E-state index in [0.29, 0.717) is 49.3 Å². The van der Waals surface area contributed by atoms with Gasteiger partial charge in [0.1, 0.15) is 28.6 Å². The lowest BCUT2D eigenvalue weighted by Gasteiger charge is -2.39. The third kappa shape index (κ3) is 7.44. The molecule has 7 rings (SSSR count). The molecule has 3 fully saturated rings. The summed E-state index contributed by atoms with van der Waals surface area (Å²) >= 11 is 0. The molecule has 2 atom stereocenters. The number of ether oxygens (including phenoxy) is 2. The number of fused-ring (bicyclic) bond motifs is 2. The van der Waals surface area contributed by atoms with Crippen LogP contribution >= 0.6 is 0 Å². The molecule has 0 amide bonds. The lowest BCUT2D eigenvalue weighted by Crippen LogP contribution is -2.56. The van der Waals surface area contributed by atoms with Gasteiger partial charge in [0, 0.05) is 67.4 Å². The number of piperazine rings is 1. The number of nitrogens with zero attached hydrogens (tertiary/aromatic N) is 5. The van der Waals surface area contributed by atoms with Crippen molar-refractivity contribution >= 4 is 27.5 Å². The number of anilines is 1. The number of phenols is 1. The molecule has 52 heavy (non-hydrogen) atoms. The minimum Gasteiger partial charge on any atom is -0.508 e. The van der Waals surface area contributed by atoms with Crippen molar-refractivity contribution in [1.29, 1.82) is 0 Å². The summed E-state index contributed by atoms with van der Waals surface area (Å²) in [7, 11) is 0. The summed E-state index contributed by atoms with van der Waals surface area (Å²) in [6.45, 7) is 7.27. The number of likely N-dealkylation sites (tertiary alicyclic amines) is 1.